The van der Waals surface area contributed by atoms with Crippen molar-refractivity contribution >= 4 is 5.78 Å². The van der Waals surface area contributed by atoms with Gasteiger partial charge >= 0.3 is 0 Å². The minimum Gasteiger partial charge on any atom is -0.489 e. The van der Waals surface area contributed by atoms with Gasteiger partial charge in [-0.25, -0.2) is 0 Å². The highest BCUT2D eigenvalue weighted by Gasteiger charge is 2.11. The zero-order chi connectivity index (χ0) is 14.5. The summed E-state index contributed by atoms with van der Waals surface area (Å²) in [6.45, 7) is 6.34. The fourth-order valence-electron chi connectivity index (χ4n) is 2.09. The number of ketones is 1. The predicted molar refractivity (Wildman–Crippen MR) is 81.3 cm³/mol. The molecule has 2 aromatic rings. The number of rotatable bonds is 5. The maximum atomic E-state index is 11.5. The summed E-state index contributed by atoms with van der Waals surface area (Å²) in [5.41, 5.74) is 2.95. The van der Waals surface area contributed by atoms with Gasteiger partial charge in [0.1, 0.15) is 12.4 Å². The van der Waals surface area contributed by atoms with Gasteiger partial charge in [-0.2, -0.15) is 0 Å². The minimum absolute atomic E-state index is 0.0847. The van der Waals surface area contributed by atoms with E-state index >= 15 is 0 Å². The first-order valence-corrected chi connectivity index (χ1v) is 6.89. The molecule has 0 saturated heterocycles. The molecule has 0 aliphatic carbocycles. The van der Waals surface area contributed by atoms with E-state index < -0.39 is 0 Å². The lowest BCUT2D eigenvalue weighted by Crippen LogP contribution is -2.02. The third-order valence-electron chi connectivity index (χ3n) is 3.28. The van der Waals surface area contributed by atoms with E-state index in [1.54, 1.807) is 6.92 Å². The van der Waals surface area contributed by atoms with E-state index in [2.05, 4.69) is 13.8 Å². The predicted octanol–water partition coefficient (Wildman–Crippen LogP) is 4.59. The highest BCUT2D eigenvalue weighted by molar-refractivity contribution is 5.94. The first-order valence-electron chi connectivity index (χ1n) is 6.89. The molecule has 0 bridgehead atoms. The van der Waals surface area contributed by atoms with Crippen LogP contribution in [-0.2, 0) is 6.61 Å². The Bertz CT molecular complexity index is 586. The Morgan fingerprint density at radius 3 is 2.40 bits per heavy atom. The zero-order valence-electron chi connectivity index (χ0n) is 12.2. The number of Topliss-reactive ketones (excluding diaryl/α,β-unsaturated/α-hetero) is 1. The number of benzene rings is 2. The van der Waals surface area contributed by atoms with Gasteiger partial charge in [-0.1, -0.05) is 44.2 Å². The van der Waals surface area contributed by atoms with Crippen LogP contribution in [0.2, 0.25) is 0 Å². The Morgan fingerprint density at radius 2 is 1.80 bits per heavy atom. The van der Waals surface area contributed by atoms with Crippen LogP contribution in [0.1, 0.15) is 48.2 Å². The smallest absolute Gasteiger partial charge is 0.159 e. The molecule has 0 radical (unpaired) electrons. The van der Waals surface area contributed by atoms with Gasteiger partial charge in [0.25, 0.3) is 0 Å². The van der Waals surface area contributed by atoms with Crippen molar-refractivity contribution in [1.82, 2.24) is 0 Å². The van der Waals surface area contributed by atoms with Crippen LogP contribution in [0.25, 0.3) is 0 Å². The molecule has 0 unspecified atom stereocenters. The number of ether oxygens (including phenoxy) is 1. The van der Waals surface area contributed by atoms with Crippen molar-refractivity contribution < 1.29 is 9.53 Å². The summed E-state index contributed by atoms with van der Waals surface area (Å²) in [6, 6.07) is 15.7. The van der Waals surface area contributed by atoms with Crippen molar-refractivity contribution in [3.8, 4) is 5.75 Å². The Hall–Kier alpha value is -2.09. The molecule has 0 N–H and O–H groups in total. The normalized spacial score (nSPS) is 10.6. The lowest BCUT2D eigenvalue weighted by atomic mass is 9.98. The molecule has 0 fully saturated rings. The third-order valence-corrected chi connectivity index (χ3v) is 3.28. The second-order valence-electron chi connectivity index (χ2n) is 5.24. The molecule has 2 rings (SSSR count). The van der Waals surface area contributed by atoms with E-state index in [0.29, 0.717) is 12.5 Å². The largest absolute Gasteiger partial charge is 0.489 e. The Balaban J connectivity index is 2.20. The van der Waals surface area contributed by atoms with E-state index in [0.717, 1.165) is 22.4 Å². The van der Waals surface area contributed by atoms with Crippen molar-refractivity contribution in [2.75, 3.05) is 0 Å². The van der Waals surface area contributed by atoms with Crippen LogP contribution in [-0.4, -0.2) is 5.78 Å². The minimum atomic E-state index is 0.0847. The Morgan fingerprint density at radius 1 is 1.10 bits per heavy atom. The van der Waals surface area contributed by atoms with Crippen LogP contribution in [0.4, 0.5) is 0 Å². The number of carbonyl (C=O) groups excluding carboxylic acids is 1. The molecule has 2 nitrogen and oxygen atoms in total. The Kier molecular flexibility index (Phi) is 4.57. The van der Waals surface area contributed by atoms with Crippen LogP contribution in [0, 0.1) is 0 Å². The number of hydrogen-bond acceptors (Lipinski definition) is 2. The fourth-order valence-corrected chi connectivity index (χ4v) is 2.09. The second kappa shape index (κ2) is 6.38. The first-order chi connectivity index (χ1) is 9.58. The maximum Gasteiger partial charge on any atom is 0.159 e. The fraction of sp³-hybridized carbons (Fsp3) is 0.278. The molecule has 104 valence electrons. The standard InChI is InChI=1S/C18H20O2/c1-13(2)17-11-16(14(3)19)9-10-18(17)20-12-15-7-5-4-6-8-15/h4-11,13H,12H2,1-3H3. The van der Waals surface area contributed by atoms with E-state index in [1.165, 1.54) is 0 Å². The quantitative estimate of drug-likeness (QED) is 0.741. The summed E-state index contributed by atoms with van der Waals surface area (Å²) >= 11 is 0. The molecule has 0 amide bonds. The van der Waals surface area contributed by atoms with Gasteiger partial charge in [-0.05, 0) is 42.2 Å². The van der Waals surface area contributed by atoms with Gasteiger partial charge < -0.3 is 4.74 Å². The van der Waals surface area contributed by atoms with E-state index in [-0.39, 0.29) is 5.78 Å². The summed E-state index contributed by atoms with van der Waals surface area (Å²) < 4.78 is 5.91. The highest BCUT2D eigenvalue weighted by Crippen LogP contribution is 2.28. The molecule has 20 heavy (non-hydrogen) atoms. The zero-order valence-corrected chi connectivity index (χ0v) is 12.2. The molecule has 0 heterocycles. The molecule has 0 saturated carbocycles. The van der Waals surface area contributed by atoms with Crippen LogP contribution in [0.15, 0.2) is 48.5 Å². The lowest BCUT2D eigenvalue weighted by molar-refractivity contribution is 0.101. The molecule has 0 aliphatic heterocycles. The van der Waals surface area contributed by atoms with Crippen molar-refractivity contribution in [2.45, 2.75) is 33.3 Å². The van der Waals surface area contributed by atoms with Gasteiger partial charge in [-0.15, -0.1) is 0 Å². The molecular weight excluding hydrogens is 248 g/mol. The van der Waals surface area contributed by atoms with E-state index in [4.69, 9.17) is 4.74 Å². The average Bonchev–Trinajstić information content (AvgIpc) is 2.45. The summed E-state index contributed by atoms with van der Waals surface area (Å²) in [7, 11) is 0. The maximum absolute atomic E-state index is 11.5. The summed E-state index contributed by atoms with van der Waals surface area (Å²) in [5, 5.41) is 0. The van der Waals surface area contributed by atoms with Crippen molar-refractivity contribution in [3.63, 3.8) is 0 Å². The number of hydrogen-bond donors (Lipinski definition) is 0. The summed E-state index contributed by atoms with van der Waals surface area (Å²) in [6.07, 6.45) is 0. The molecule has 0 spiro atoms. The van der Waals surface area contributed by atoms with E-state index in [9.17, 15) is 4.79 Å². The molecule has 2 heteroatoms. The van der Waals surface area contributed by atoms with Crippen LogP contribution in [0.3, 0.4) is 0 Å². The van der Waals surface area contributed by atoms with Crippen LogP contribution in [0.5, 0.6) is 5.75 Å². The highest BCUT2D eigenvalue weighted by atomic mass is 16.5. The van der Waals surface area contributed by atoms with Crippen molar-refractivity contribution in [2.24, 2.45) is 0 Å². The molecule has 2 aromatic carbocycles. The lowest BCUT2D eigenvalue weighted by Gasteiger charge is -2.15. The monoisotopic (exact) mass is 268 g/mol. The van der Waals surface area contributed by atoms with Crippen molar-refractivity contribution in [1.29, 1.82) is 0 Å². The van der Waals surface area contributed by atoms with Gasteiger partial charge in [0.15, 0.2) is 5.78 Å². The summed E-state index contributed by atoms with van der Waals surface area (Å²) in [5.74, 6) is 1.26. The first kappa shape index (κ1) is 14.3. The van der Waals surface area contributed by atoms with Crippen molar-refractivity contribution in [3.05, 3.63) is 65.2 Å². The SMILES string of the molecule is CC(=O)c1ccc(OCc2ccccc2)c(C(C)C)c1. The van der Waals surface area contributed by atoms with Crippen LogP contribution >= 0.6 is 0 Å². The van der Waals surface area contributed by atoms with Gasteiger partial charge in [0.2, 0.25) is 0 Å². The number of carbonyl (C=O) groups is 1. The van der Waals surface area contributed by atoms with Crippen LogP contribution < -0.4 is 4.74 Å². The molecule has 0 atom stereocenters. The van der Waals surface area contributed by atoms with E-state index in [1.807, 2.05) is 48.5 Å². The third kappa shape index (κ3) is 3.47. The summed E-state index contributed by atoms with van der Waals surface area (Å²) in [4.78, 5) is 11.5. The van der Waals surface area contributed by atoms with Gasteiger partial charge in [0.05, 0.1) is 0 Å². The van der Waals surface area contributed by atoms with Gasteiger partial charge in [0, 0.05) is 5.56 Å². The molecule has 0 aliphatic rings. The molecule has 0 aromatic heterocycles. The Labute approximate surface area is 120 Å². The topological polar surface area (TPSA) is 26.3 Å². The molecular formula is C18H20O2. The van der Waals surface area contributed by atoms with Gasteiger partial charge in [-0.3, -0.25) is 4.79 Å². The average molecular weight is 268 g/mol. The second-order valence-corrected chi connectivity index (χ2v) is 5.24.